The number of carboxylic acid groups (broad SMARTS) is 1. The van der Waals surface area contributed by atoms with Crippen LogP contribution in [0, 0.1) is 28.1 Å². The van der Waals surface area contributed by atoms with Gasteiger partial charge in [0.15, 0.2) is 5.78 Å². The van der Waals surface area contributed by atoms with Crippen molar-refractivity contribution in [3.8, 4) is 0 Å². The highest BCUT2D eigenvalue weighted by atomic mass is 16.4. The Hall–Kier alpha value is -2.02. The number of hydrogen-bond acceptors (Lipinski definition) is 5. The second kappa shape index (κ2) is 9.70. The van der Waals surface area contributed by atoms with E-state index in [1.54, 1.807) is 32.9 Å². The molecule has 0 bridgehead atoms. The van der Waals surface area contributed by atoms with Gasteiger partial charge in [0.25, 0.3) is 0 Å². The summed E-state index contributed by atoms with van der Waals surface area (Å²) in [6, 6.07) is 0. The second-order valence-electron chi connectivity index (χ2n) is 12.6. The fraction of sp³-hybridized carbons (Fsp3) is 0.667. The van der Waals surface area contributed by atoms with Crippen LogP contribution in [-0.2, 0) is 9.59 Å². The molecule has 0 aromatic heterocycles. The van der Waals surface area contributed by atoms with Crippen molar-refractivity contribution in [3.63, 3.8) is 0 Å². The molecule has 0 heterocycles. The number of rotatable bonds is 6. The van der Waals surface area contributed by atoms with Gasteiger partial charge in [-0.2, -0.15) is 0 Å². The highest BCUT2D eigenvalue weighted by molar-refractivity contribution is 6.01. The van der Waals surface area contributed by atoms with Crippen LogP contribution >= 0.6 is 0 Å². The summed E-state index contributed by atoms with van der Waals surface area (Å²) in [5.41, 5.74) is -0.392. The van der Waals surface area contributed by atoms with Crippen molar-refractivity contribution in [1.82, 2.24) is 0 Å². The molecule has 3 aliphatic carbocycles. The highest BCUT2D eigenvalue weighted by Crippen LogP contribution is 2.69. The third-order valence-corrected chi connectivity index (χ3v) is 9.75. The predicted octanol–water partition coefficient (Wildman–Crippen LogP) is 4.75. The first-order chi connectivity index (χ1) is 16.5. The van der Waals surface area contributed by atoms with Gasteiger partial charge in [0.2, 0.25) is 0 Å². The molecule has 0 unspecified atom stereocenters. The van der Waals surface area contributed by atoms with E-state index >= 15 is 0 Å². The number of aliphatic hydroxyl groups is 3. The number of Topliss-reactive ketones (excluding diaryl/α,β-unsaturated/α-hetero) is 1. The molecule has 0 spiro atoms. The molecule has 6 heteroatoms. The number of ketones is 1. The Morgan fingerprint density at radius 3 is 2.31 bits per heavy atom. The molecular weight excluding hydrogens is 456 g/mol. The second-order valence-corrected chi connectivity index (χ2v) is 12.6. The maximum Gasteiger partial charge on any atom is 0.312 e. The SMILES string of the molecule is CC(/C=C/[C@@H](O)C(C)(C)O)=C\C=C\C(C)=C1\C(=O)C[C@H]2[C@@]3(C)CC[C@@H](O)[C@](C)(C(=O)O)[C@@H]3CC[C@]12C. The van der Waals surface area contributed by atoms with Crippen LogP contribution in [-0.4, -0.2) is 50.0 Å². The Balaban J connectivity index is 1.89. The zero-order valence-electron chi connectivity index (χ0n) is 22.8. The van der Waals surface area contributed by atoms with Crippen LogP contribution in [0.1, 0.15) is 80.6 Å². The zero-order chi connectivity index (χ0) is 27.3. The fourth-order valence-electron chi connectivity index (χ4n) is 7.52. The summed E-state index contributed by atoms with van der Waals surface area (Å²) >= 11 is 0. The molecule has 0 radical (unpaired) electrons. The van der Waals surface area contributed by atoms with Gasteiger partial charge in [-0.25, -0.2) is 0 Å². The number of aliphatic hydroxyl groups excluding tert-OH is 2. The number of fused-ring (bicyclic) bond motifs is 3. The topological polar surface area (TPSA) is 115 Å². The quantitative estimate of drug-likeness (QED) is 0.309. The first kappa shape index (κ1) is 28.5. The molecule has 4 N–H and O–H groups in total. The van der Waals surface area contributed by atoms with E-state index in [0.29, 0.717) is 19.3 Å². The van der Waals surface area contributed by atoms with E-state index < -0.39 is 29.2 Å². The normalized spacial score (nSPS) is 39.9. The van der Waals surface area contributed by atoms with Crippen molar-refractivity contribution in [2.45, 2.75) is 98.4 Å². The van der Waals surface area contributed by atoms with Gasteiger partial charge >= 0.3 is 5.97 Å². The number of aliphatic carboxylic acids is 1. The van der Waals surface area contributed by atoms with Crippen molar-refractivity contribution in [1.29, 1.82) is 0 Å². The minimum Gasteiger partial charge on any atom is -0.481 e. The fourth-order valence-corrected chi connectivity index (χ4v) is 7.52. The Morgan fingerprint density at radius 2 is 1.72 bits per heavy atom. The van der Waals surface area contributed by atoms with Gasteiger partial charge in [0.1, 0.15) is 6.10 Å². The summed E-state index contributed by atoms with van der Waals surface area (Å²) in [5, 5.41) is 40.6. The third-order valence-electron chi connectivity index (χ3n) is 9.75. The van der Waals surface area contributed by atoms with Gasteiger partial charge in [0.05, 0.1) is 17.1 Å². The minimum absolute atomic E-state index is 0.0457. The lowest BCUT2D eigenvalue weighted by Gasteiger charge is -2.61. The van der Waals surface area contributed by atoms with Gasteiger partial charge < -0.3 is 20.4 Å². The van der Waals surface area contributed by atoms with Crippen LogP contribution < -0.4 is 0 Å². The summed E-state index contributed by atoms with van der Waals surface area (Å²) in [5.74, 6) is -0.933. The Kier molecular flexibility index (Phi) is 7.69. The van der Waals surface area contributed by atoms with Gasteiger partial charge in [-0.3, -0.25) is 9.59 Å². The largest absolute Gasteiger partial charge is 0.481 e. The number of carbonyl (C=O) groups excluding carboxylic acids is 1. The van der Waals surface area contributed by atoms with Crippen molar-refractivity contribution in [2.75, 3.05) is 0 Å². The third kappa shape index (κ3) is 4.68. The average Bonchev–Trinajstić information content (AvgIpc) is 3.05. The van der Waals surface area contributed by atoms with Crippen LogP contribution in [0.5, 0.6) is 0 Å². The van der Waals surface area contributed by atoms with Crippen molar-refractivity contribution < 1.29 is 30.0 Å². The number of carboxylic acids is 1. The molecule has 0 saturated heterocycles. The maximum atomic E-state index is 13.4. The molecule has 3 fully saturated rings. The smallest absolute Gasteiger partial charge is 0.312 e. The van der Waals surface area contributed by atoms with Crippen LogP contribution in [0.15, 0.2) is 47.1 Å². The Bertz CT molecular complexity index is 1030. The van der Waals surface area contributed by atoms with E-state index in [9.17, 15) is 30.0 Å². The molecule has 3 aliphatic rings. The molecule has 36 heavy (non-hydrogen) atoms. The van der Waals surface area contributed by atoms with Crippen molar-refractivity contribution in [3.05, 3.63) is 47.1 Å². The summed E-state index contributed by atoms with van der Waals surface area (Å²) in [4.78, 5) is 25.7. The van der Waals surface area contributed by atoms with E-state index in [0.717, 1.165) is 29.6 Å². The molecule has 200 valence electrons. The lowest BCUT2D eigenvalue weighted by molar-refractivity contribution is -0.194. The molecule has 3 saturated carbocycles. The van der Waals surface area contributed by atoms with E-state index in [4.69, 9.17) is 0 Å². The zero-order valence-corrected chi connectivity index (χ0v) is 22.8. The number of allylic oxidation sites excluding steroid dienone is 7. The van der Waals surface area contributed by atoms with E-state index in [2.05, 4.69) is 13.8 Å². The summed E-state index contributed by atoms with van der Waals surface area (Å²) < 4.78 is 0. The lowest BCUT2D eigenvalue weighted by atomic mass is 9.43. The van der Waals surface area contributed by atoms with Crippen LogP contribution in [0.4, 0.5) is 0 Å². The maximum absolute atomic E-state index is 13.4. The first-order valence-electron chi connectivity index (χ1n) is 13.1. The number of hydrogen-bond donors (Lipinski definition) is 4. The van der Waals surface area contributed by atoms with Gasteiger partial charge in [0, 0.05) is 17.4 Å². The monoisotopic (exact) mass is 500 g/mol. The van der Waals surface area contributed by atoms with E-state index in [1.165, 1.54) is 0 Å². The van der Waals surface area contributed by atoms with Crippen LogP contribution in [0.3, 0.4) is 0 Å². The van der Waals surface area contributed by atoms with E-state index in [1.807, 2.05) is 32.1 Å². The Labute approximate surface area is 215 Å². The summed E-state index contributed by atoms with van der Waals surface area (Å²) in [7, 11) is 0. The summed E-state index contributed by atoms with van der Waals surface area (Å²) in [6.07, 6.45) is 10.2. The molecular formula is C30H44O6. The summed E-state index contributed by atoms with van der Waals surface area (Å²) in [6.45, 7) is 13.0. The van der Waals surface area contributed by atoms with Crippen molar-refractivity contribution in [2.24, 2.45) is 28.1 Å². The molecule has 0 amide bonds. The average molecular weight is 501 g/mol. The first-order valence-corrected chi connectivity index (χ1v) is 13.1. The molecule has 0 aromatic carbocycles. The van der Waals surface area contributed by atoms with Gasteiger partial charge in [-0.1, -0.05) is 49.8 Å². The van der Waals surface area contributed by atoms with Crippen molar-refractivity contribution >= 4 is 11.8 Å². The molecule has 0 aromatic rings. The standard InChI is InChI=1S/C30H44O6/c1-18(11-12-23(32)27(3,4)36)9-8-10-19(2)25-20(31)17-22-28(5)16-14-24(33)30(7,26(34)35)21(28)13-15-29(22,25)6/h8-12,21-24,32-33,36H,13-17H2,1-7H3,(H,34,35)/b10-8+,12-11+,18-9+,25-19-/t21-,22+,23-,24-,28+,29+,30-/m1/s1. The predicted molar refractivity (Wildman–Crippen MR) is 140 cm³/mol. The molecule has 6 nitrogen and oxygen atoms in total. The Morgan fingerprint density at radius 1 is 1.08 bits per heavy atom. The molecule has 0 aliphatic heterocycles. The lowest BCUT2D eigenvalue weighted by Crippen LogP contribution is -2.61. The van der Waals surface area contributed by atoms with E-state index in [-0.39, 0.29) is 28.4 Å². The number of carbonyl (C=O) groups is 2. The van der Waals surface area contributed by atoms with Gasteiger partial charge in [-0.05, 0) is 83.1 Å². The molecule has 7 atom stereocenters. The molecule has 3 rings (SSSR count). The van der Waals surface area contributed by atoms with Crippen LogP contribution in [0.25, 0.3) is 0 Å². The minimum atomic E-state index is -1.21. The van der Waals surface area contributed by atoms with Gasteiger partial charge in [-0.15, -0.1) is 0 Å². The van der Waals surface area contributed by atoms with Crippen LogP contribution in [0.2, 0.25) is 0 Å². The highest BCUT2D eigenvalue weighted by Gasteiger charge is 2.67.